The number of hydrogen-bond acceptors (Lipinski definition) is 5. The molecule has 1 aliphatic carbocycles. The summed E-state index contributed by atoms with van der Waals surface area (Å²) in [6.45, 7) is 2.67. The molecule has 1 saturated carbocycles. The van der Waals surface area contributed by atoms with Crippen molar-refractivity contribution in [2.75, 3.05) is 5.73 Å². The van der Waals surface area contributed by atoms with Crippen molar-refractivity contribution in [2.24, 2.45) is 0 Å². The molecule has 6 heteroatoms. The summed E-state index contributed by atoms with van der Waals surface area (Å²) in [5.74, 6) is 1.38. The molecule has 4 rings (SSSR count). The lowest BCUT2D eigenvalue weighted by Crippen LogP contribution is -2.41. The number of nitrogen functional groups attached to an aromatic ring is 1. The highest BCUT2D eigenvalue weighted by molar-refractivity contribution is 6.04. The first-order chi connectivity index (χ1) is 11.1. The van der Waals surface area contributed by atoms with Crippen LogP contribution in [0.25, 0.3) is 22.1 Å². The van der Waals surface area contributed by atoms with Gasteiger partial charge in [-0.2, -0.15) is 0 Å². The van der Waals surface area contributed by atoms with Crippen LogP contribution < -0.4 is 5.73 Å². The fourth-order valence-electron chi connectivity index (χ4n) is 3.39. The summed E-state index contributed by atoms with van der Waals surface area (Å²) >= 11 is 0. The van der Waals surface area contributed by atoms with Gasteiger partial charge in [-0.3, -0.25) is 4.98 Å². The number of nitrogens with two attached hydrogens (primary N) is 1. The van der Waals surface area contributed by atoms with E-state index in [4.69, 9.17) is 10.7 Å². The molecule has 0 unspecified atom stereocenters. The maximum atomic E-state index is 10.7. The Kier molecular flexibility index (Phi) is 3.23. The first-order valence-electron chi connectivity index (χ1n) is 8.23. The second kappa shape index (κ2) is 5.16. The Morgan fingerprint density at radius 1 is 1.30 bits per heavy atom. The molecule has 0 radical (unpaired) electrons. The minimum atomic E-state index is -0.630. The Labute approximate surface area is 134 Å². The van der Waals surface area contributed by atoms with Crippen molar-refractivity contribution in [1.29, 1.82) is 0 Å². The van der Waals surface area contributed by atoms with E-state index in [0.717, 1.165) is 54.5 Å². The molecule has 0 aliphatic heterocycles. The molecule has 0 saturated heterocycles. The van der Waals surface area contributed by atoms with E-state index in [-0.39, 0.29) is 0 Å². The maximum Gasteiger partial charge on any atom is 0.152 e. The van der Waals surface area contributed by atoms with Crippen molar-refractivity contribution >= 4 is 27.9 Å². The third-order valence-electron chi connectivity index (χ3n) is 4.75. The van der Waals surface area contributed by atoms with E-state index in [1.165, 1.54) is 0 Å². The van der Waals surface area contributed by atoms with Gasteiger partial charge in [0.25, 0.3) is 0 Å². The molecule has 3 N–H and O–H groups in total. The van der Waals surface area contributed by atoms with Gasteiger partial charge in [-0.1, -0.05) is 6.92 Å². The second-order valence-electron chi connectivity index (χ2n) is 6.51. The average molecular weight is 311 g/mol. The molecule has 3 aromatic heterocycles. The van der Waals surface area contributed by atoms with Gasteiger partial charge in [0.2, 0.25) is 0 Å². The molecule has 0 amide bonds. The fraction of sp³-hybridized carbons (Fsp3) is 0.471. The van der Waals surface area contributed by atoms with Crippen LogP contribution in [0, 0.1) is 0 Å². The molecule has 3 aromatic rings. The SMILES string of the molecule is CCCc1nc2c(N)nc3cccnc3c2n1CC1(O)CCC1. The van der Waals surface area contributed by atoms with E-state index in [1.54, 1.807) is 6.20 Å². The van der Waals surface area contributed by atoms with Crippen LogP contribution in [0.15, 0.2) is 18.3 Å². The number of aliphatic hydroxyl groups is 1. The molecule has 23 heavy (non-hydrogen) atoms. The van der Waals surface area contributed by atoms with Crippen molar-refractivity contribution in [3.63, 3.8) is 0 Å². The molecular formula is C17H21N5O. The highest BCUT2D eigenvalue weighted by atomic mass is 16.3. The topological polar surface area (TPSA) is 89.9 Å². The predicted molar refractivity (Wildman–Crippen MR) is 90.0 cm³/mol. The number of aryl methyl sites for hydroxylation is 1. The van der Waals surface area contributed by atoms with Crippen LogP contribution in [0.4, 0.5) is 5.82 Å². The predicted octanol–water partition coefficient (Wildman–Crippen LogP) is 2.43. The summed E-state index contributed by atoms with van der Waals surface area (Å²) in [4.78, 5) is 13.6. The van der Waals surface area contributed by atoms with Gasteiger partial charge in [0.15, 0.2) is 5.82 Å². The van der Waals surface area contributed by atoms with Gasteiger partial charge in [0.05, 0.1) is 17.7 Å². The third-order valence-corrected chi connectivity index (χ3v) is 4.75. The number of fused-ring (bicyclic) bond motifs is 3. The number of rotatable bonds is 4. The summed E-state index contributed by atoms with van der Waals surface area (Å²) in [5.41, 5.74) is 8.67. The normalized spacial score (nSPS) is 16.8. The standard InChI is InChI=1S/C17H21N5O/c1-2-5-12-21-14-15(22(12)10-17(23)7-4-8-17)13-11(20-16(14)18)6-3-9-19-13/h3,6,9,23H,2,4-5,7-8,10H2,1H3,(H2,18,20). The molecular weight excluding hydrogens is 290 g/mol. The average Bonchev–Trinajstić information content (AvgIpc) is 2.86. The molecule has 0 spiro atoms. The molecule has 120 valence electrons. The van der Waals surface area contributed by atoms with Gasteiger partial charge in [0.1, 0.15) is 22.4 Å². The molecule has 6 nitrogen and oxygen atoms in total. The summed E-state index contributed by atoms with van der Waals surface area (Å²) < 4.78 is 2.12. The summed E-state index contributed by atoms with van der Waals surface area (Å²) in [6, 6.07) is 3.76. The van der Waals surface area contributed by atoms with Crippen LogP contribution in [-0.4, -0.2) is 30.2 Å². The van der Waals surface area contributed by atoms with E-state index >= 15 is 0 Å². The van der Waals surface area contributed by atoms with Crippen LogP contribution in [0.2, 0.25) is 0 Å². The Morgan fingerprint density at radius 3 is 2.83 bits per heavy atom. The van der Waals surface area contributed by atoms with Crippen molar-refractivity contribution < 1.29 is 5.11 Å². The van der Waals surface area contributed by atoms with Crippen molar-refractivity contribution in [2.45, 2.75) is 51.2 Å². The van der Waals surface area contributed by atoms with Crippen molar-refractivity contribution in [3.8, 4) is 0 Å². The Bertz CT molecular complexity index is 881. The van der Waals surface area contributed by atoms with E-state index in [9.17, 15) is 5.11 Å². The zero-order valence-corrected chi connectivity index (χ0v) is 13.3. The van der Waals surface area contributed by atoms with Gasteiger partial charge in [0, 0.05) is 12.6 Å². The fourth-order valence-corrected chi connectivity index (χ4v) is 3.39. The minimum Gasteiger partial charge on any atom is -0.388 e. The largest absolute Gasteiger partial charge is 0.388 e. The van der Waals surface area contributed by atoms with Gasteiger partial charge in [-0.15, -0.1) is 0 Å². The lowest BCUT2D eigenvalue weighted by molar-refractivity contribution is -0.0469. The van der Waals surface area contributed by atoms with E-state index in [1.807, 2.05) is 12.1 Å². The van der Waals surface area contributed by atoms with Gasteiger partial charge in [-0.25, -0.2) is 9.97 Å². The Balaban J connectivity index is 2.01. The number of anilines is 1. The van der Waals surface area contributed by atoms with Gasteiger partial charge >= 0.3 is 0 Å². The van der Waals surface area contributed by atoms with Crippen LogP contribution >= 0.6 is 0 Å². The number of aromatic nitrogens is 4. The molecule has 0 aromatic carbocycles. The lowest BCUT2D eigenvalue weighted by atomic mass is 9.80. The van der Waals surface area contributed by atoms with Crippen molar-refractivity contribution in [1.82, 2.24) is 19.5 Å². The summed E-state index contributed by atoms with van der Waals surface area (Å²) in [7, 11) is 0. The van der Waals surface area contributed by atoms with Gasteiger partial charge < -0.3 is 15.4 Å². The zero-order chi connectivity index (χ0) is 16.0. The maximum absolute atomic E-state index is 10.7. The van der Waals surface area contributed by atoms with E-state index in [0.29, 0.717) is 17.9 Å². The molecule has 1 fully saturated rings. The third kappa shape index (κ3) is 2.25. The summed E-state index contributed by atoms with van der Waals surface area (Å²) in [5, 5.41) is 10.7. The van der Waals surface area contributed by atoms with Gasteiger partial charge in [-0.05, 0) is 37.8 Å². The van der Waals surface area contributed by atoms with Crippen molar-refractivity contribution in [3.05, 3.63) is 24.2 Å². The second-order valence-corrected chi connectivity index (χ2v) is 6.51. The smallest absolute Gasteiger partial charge is 0.152 e. The van der Waals surface area contributed by atoms with Crippen LogP contribution in [-0.2, 0) is 13.0 Å². The van der Waals surface area contributed by atoms with Crippen LogP contribution in [0.5, 0.6) is 0 Å². The number of imidazole rings is 1. The quantitative estimate of drug-likeness (QED) is 0.772. The lowest BCUT2D eigenvalue weighted by Gasteiger charge is -2.37. The number of hydrogen-bond donors (Lipinski definition) is 2. The number of nitrogens with zero attached hydrogens (tertiary/aromatic N) is 4. The molecule has 0 atom stereocenters. The zero-order valence-electron chi connectivity index (χ0n) is 13.3. The highest BCUT2D eigenvalue weighted by Crippen LogP contribution is 2.36. The van der Waals surface area contributed by atoms with Crippen LogP contribution in [0.3, 0.4) is 0 Å². The minimum absolute atomic E-state index is 0.428. The monoisotopic (exact) mass is 311 g/mol. The molecule has 0 bridgehead atoms. The first-order valence-corrected chi connectivity index (χ1v) is 8.23. The molecule has 1 aliphatic rings. The van der Waals surface area contributed by atoms with E-state index < -0.39 is 5.60 Å². The first kappa shape index (κ1) is 14.4. The Hall–Kier alpha value is -2.21. The van der Waals surface area contributed by atoms with Crippen LogP contribution in [0.1, 0.15) is 38.4 Å². The molecule has 3 heterocycles. The van der Waals surface area contributed by atoms with E-state index in [2.05, 4.69) is 21.5 Å². The summed E-state index contributed by atoms with van der Waals surface area (Å²) in [6.07, 6.45) is 6.34. The number of pyridine rings is 2. The highest BCUT2D eigenvalue weighted by Gasteiger charge is 2.36. The Morgan fingerprint density at radius 2 is 2.13 bits per heavy atom.